The van der Waals surface area contributed by atoms with Crippen molar-refractivity contribution < 1.29 is 4.42 Å². The van der Waals surface area contributed by atoms with E-state index in [9.17, 15) is 0 Å². The predicted molar refractivity (Wildman–Crippen MR) is 42.0 cm³/mol. The maximum absolute atomic E-state index is 5.22. The quantitative estimate of drug-likeness (QED) is 0.582. The minimum atomic E-state index is 0.975. The Balaban J connectivity index is 2.56. The van der Waals surface area contributed by atoms with Gasteiger partial charge in [0.15, 0.2) is 0 Å². The fraction of sp³-hybridized carbons (Fsp3) is 0.333. The van der Waals surface area contributed by atoms with Crippen LogP contribution in [0.5, 0.6) is 0 Å². The van der Waals surface area contributed by atoms with Crippen LogP contribution < -0.4 is 0 Å². The van der Waals surface area contributed by atoms with Crippen molar-refractivity contribution in [3.05, 3.63) is 36.3 Å². The molecule has 0 saturated heterocycles. The molecule has 0 fully saturated rings. The van der Waals surface area contributed by atoms with Crippen molar-refractivity contribution >= 4 is 0 Å². The molecule has 54 valence electrons. The Hall–Kier alpha value is -0.980. The topological polar surface area (TPSA) is 13.1 Å². The number of hydrogen-bond acceptors (Lipinski definition) is 1. The molecule has 1 aromatic rings. The molecule has 1 nitrogen and oxygen atoms in total. The van der Waals surface area contributed by atoms with E-state index in [1.54, 1.807) is 6.26 Å². The normalized spacial score (nSPS) is 9.70. The van der Waals surface area contributed by atoms with Crippen LogP contribution in [0.25, 0.3) is 0 Å². The molecule has 0 radical (unpaired) electrons. The third-order valence-corrected chi connectivity index (χ3v) is 1.54. The highest BCUT2D eigenvalue weighted by molar-refractivity contribution is 5.14. The Bertz CT molecular complexity index is 210. The van der Waals surface area contributed by atoms with Gasteiger partial charge in [0.1, 0.15) is 5.76 Å². The highest BCUT2D eigenvalue weighted by atomic mass is 16.3. The summed E-state index contributed by atoms with van der Waals surface area (Å²) in [5, 5.41) is 0. The van der Waals surface area contributed by atoms with Gasteiger partial charge in [-0.1, -0.05) is 6.08 Å². The van der Waals surface area contributed by atoms with Gasteiger partial charge in [-0.25, -0.2) is 0 Å². The highest BCUT2D eigenvalue weighted by Gasteiger charge is 1.98. The second-order valence-electron chi connectivity index (χ2n) is 2.35. The molecule has 0 unspecified atom stereocenters. The molecule has 0 N–H and O–H groups in total. The first-order valence-corrected chi connectivity index (χ1v) is 3.48. The largest absolute Gasteiger partial charge is 0.469 e. The van der Waals surface area contributed by atoms with Crippen LogP contribution in [0.15, 0.2) is 29.4 Å². The Kier molecular flexibility index (Phi) is 2.32. The van der Waals surface area contributed by atoms with E-state index in [0.29, 0.717) is 0 Å². The lowest BCUT2D eigenvalue weighted by Crippen LogP contribution is -1.81. The van der Waals surface area contributed by atoms with Gasteiger partial charge in [-0.15, -0.1) is 6.58 Å². The number of furan rings is 1. The molecule has 0 aromatic carbocycles. The first-order chi connectivity index (χ1) is 4.84. The van der Waals surface area contributed by atoms with E-state index in [2.05, 4.69) is 13.5 Å². The lowest BCUT2D eigenvalue weighted by atomic mass is 10.2. The number of rotatable bonds is 3. The smallest absolute Gasteiger partial charge is 0.106 e. The maximum Gasteiger partial charge on any atom is 0.106 e. The predicted octanol–water partition coefficient (Wildman–Crippen LogP) is 2.71. The summed E-state index contributed by atoms with van der Waals surface area (Å²) >= 11 is 0. The summed E-state index contributed by atoms with van der Waals surface area (Å²) in [6, 6.07) is 1.98. The number of aryl methyl sites for hydroxylation is 2. The number of allylic oxidation sites excluding steroid dienone is 1. The molecule has 0 atom stereocenters. The molecule has 1 heterocycles. The first kappa shape index (κ1) is 7.13. The Morgan fingerprint density at radius 1 is 1.70 bits per heavy atom. The summed E-state index contributed by atoms with van der Waals surface area (Å²) in [6.07, 6.45) is 5.60. The van der Waals surface area contributed by atoms with Crippen molar-refractivity contribution in [3.63, 3.8) is 0 Å². The van der Waals surface area contributed by atoms with E-state index in [1.165, 1.54) is 5.56 Å². The highest BCUT2D eigenvalue weighted by Crippen LogP contribution is 2.10. The lowest BCUT2D eigenvalue weighted by Gasteiger charge is -1.92. The minimum Gasteiger partial charge on any atom is -0.469 e. The Labute approximate surface area is 61.4 Å². The van der Waals surface area contributed by atoms with Crippen LogP contribution in [0.2, 0.25) is 0 Å². The van der Waals surface area contributed by atoms with Gasteiger partial charge in [0, 0.05) is 6.42 Å². The van der Waals surface area contributed by atoms with E-state index in [0.717, 1.165) is 18.6 Å². The number of hydrogen-bond donors (Lipinski definition) is 0. The van der Waals surface area contributed by atoms with E-state index in [-0.39, 0.29) is 0 Å². The summed E-state index contributed by atoms with van der Waals surface area (Å²) < 4.78 is 5.22. The van der Waals surface area contributed by atoms with Gasteiger partial charge in [0.05, 0.1) is 6.26 Å². The van der Waals surface area contributed by atoms with Gasteiger partial charge >= 0.3 is 0 Å². The average Bonchev–Trinajstić information content (AvgIpc) is 2.31. The Morgan fingerprint density at radius 3 is 3.00 bits per heavy atom. The van der Waals surface area contributed by atoms with Crippen LogP contribution in [0.4, 0.5) is 0 Å². The summed E-state index contributed by atoms with van der Waals surface area (Å²) in [7, 11) is 0. The van der Waals surface area contributed by atoms with Gasteiger partial charge in [-0.2, -0.15) is 0 Å². The molecular formula is C9H12O. The van der Waals surface area contributed by atoms with E-state index >= 15 is 0 Å². The third-order valence-electron chi connectivity index (χ3n) is 1.54. The molecule has 0 spiro atoms. The van der Waals surface area contributed by atoms with Crippen molar-refractivity contribution in [1.82, 2.24) is 0 Å². The molecule has 0 aliphatic rings. The minimum absolute atomic E-state index is 0.975. The third kappa shape index (κ3) is 1.50. The van der Waals surface area contributed by atoms with Crippen LogP contribution >= 0.6 is 0 Å². The van der Waals surface area contributed by atoms with Gasteiger partial charge in [0.25, 0.3) is 0 Å². The molecule has 1 aromatic heterocycles. The Morgan fingerprint density at radius 2 is 2.50 bits per heavy atom. The van der Waals surface area contributed by atoms with E-state index in [4.69, 9.17) is 4.42 Å². The zero-order valence-electron chi connectivity index (χ0n) is 6.26. The van der Waals surface area contributed by atoms with Gasteiger partial charge < -0.3 is 4.42 Å². The molecule has 10 heavy (non-hydrogen) atoms. The van der Waals surface area contributed by atoms with Gasteiger partial charge in [-0.05, 0) is 25.0 Å². The molecule has 0 saturated carbocycles. The van der Waals surface area contributed by atoms with Crippen molar-refractivity contribution in [2.24, 2.45) is 0 Å². The molecule has 1 heteroatoms. The molecule has 1 rings (SSSR count). The second kappa shape index (κ2) is 3.25. The summed E-state index contributed by atoms with van der Waals surface area (Å²) in [6.45, 7) is 5.71. The van der Waals surface area contributed by atoms with E-state index < -0.39 is 0 Å². The molecule has 0 bridgehead atoms. The lowest BCUT2D eigenvalue weighted by molar-refractivity contribution is 0.507. The van der Waals surface area contributed by atoms with Crippen molar-refractivity contribution in [2.75, 3.05) is 0 Å². The zero-order chi connectivity index (χ0) is 7.40. The SMILES string of the molecule is C=CCCc1occc1C. The summed E-state index contributed by atoms with van der Waals surface area (Å²) in [5.74, 6) is 1.08. The summed E-state index contributed by atoms with van der Waals surface area (Å²) in [5.41, 5.74) is 1.24. The second-order valence-corrected chi connectivity index (χ2v) is 2.35. The zero-order valence-corrected chi connectivity index (χ0v) is 6.26. The molecule has 0 aliphatic heterocycles. The van der Waals surface area contributed by atoms with Crippen LogP contribution in [-0.2, 0) is 6.42 Å². The van der Waals surface area contributed by atoms with Crippen LogP contribution in [0.3, 0.4) is 0 Å². The summed E-state index contributed by atoms with van der Waals surface area (Å²) in [4.78, 5) is 0. The van der Waals surface area contributed by atoms with Crippen LogP contribution in [0.1, 0.15) is 17.7 Å². The monoisotopic (exact) mass is 136 g/mol. The van der Waals surface area contributed by atoms with E-state index in [1.807, 2.05) is 12.1 Å². The van der Waals surface area contributed by atoms with Crippen molar-refractivity contribution in [3.8, 4) is 0 Å². The maximum atomic E-state index is 5.22. The molecular weight excluding hydrogens is 124 g/mol. The van der Waals surface area contributed by atoms with Crippen molar-refractivity contribution in [1.29, 1.82) is 0 Å². The molecule has 0 aliphatic carbocycles. The van der Waals surface area contributed by atoms with Crippen molar-refractivity contribution in [2.45, 2.75) is 19.8 Å². The standard InChI is InChI=1S/C9H12O/c1-3-4-5-9-8(2)6-7-10-9/h3,6-7H,1,4-5H2,2H3. The first-order valence-electron chi connectivity index (χ1n) is 3.48. The van der Waals surface area contributed by atoms with Crippen LogP contribution in [-0.4, -0.2) is 0 Å². The van der Waals surface area contributed by atoms with Gasteiger partial charge in [-0.3, -0.25) is 0 Å². The fourth-order valence-corrected chi connectivity index (χ4v) is 0.893. The molecule has 0 amide bonds. The van der Waals surface area contributed by atoms with Gasteiger partial charge in [0.2, 0.25) is 0 Å². The van der Waals surface area contributed by atoms with Crippen LogP contribution in [0, 0.1) is 6.92 Å². The average molecular weight is 136 g/mol. The fourth-order valence-electron chi connectivity index (χ4n) is 0.893.